The minimum atomic E-state index is -1.78. The largest absolute Gasteiger partial charge is 0.462 e. The van der Waals surface area contributed by atoms with Gasteiger partial charge < -0.3 is 28.4 Å². The van der Waals surface area contributed by atoms with Gasteiger partial charge in [0.1, 0.15) is 6.61 Å². The fraction of sp³-hybridized carbons (Fsp3) is 0.688. The molecule has 1 rings (SSSR count). The first-order chi connectivity index (χ1) is 12.9. The van der Waals surface area contributed by atoms with Crippen molar-refractivity contribution in [2.24, 2.45) is 0 Å². The molecule has 1 fully saturated rings. The quantitative estimate of drug-likeness (QED) is 0.302. The number of carbonyl (C=O) groups is 5. The van der Waals surface area contributed by atoms with Crippen LogP contribution in [0.15, 0.2) is 0 Å². The molecule has 1 heterocycles. The zero-order chi connectivity index (χ0) is 21.6. The number of alkyl halides is 1. The van der Waals surface area contributed by atoms with Crippen molar-refractivity contribution < 1.29 is 52.4 Å². The molecule has 1 aliphatic rings. The van der Waals surface area contributed by atoms with Crippen LogP contribution >= 0.6 is 15.9 Å². The maximum Gasteiger partial charge on any atom is 0.305 e. The lowest BCUT2D eigenvalue weighted by molar-refractivity contribution is -0.307. The van der Waals surface area contributed by atoms with Gasteiger partial charge in [0, 0.05) is 34.6 Å². The number of hydrogen-bond acceptors (Lipinski definition) is 11. The summed E-state index contributed by atoms with van der Waals surface area (Å²) < 4.78 is 29.3. The van der Waals surface area contributed by atoms with Crippen LogP contribution in [0.3, 0.4) is 0 Å². The summed E-state index contributed by atoms with van der Waals surface area (Å²) in [6, 6.07) is 0. The van der Waals surface area contributed by atoms with Crippen molar-refractivity contribution in [3.05, 3.63) is 0 Å². The van der Waals surface area contributed by atoms with Gasteiger partial charge in [-0.3, -0.25) is 24.0 Å². The standard InChI is InChI=1S/C16H21BrO11/c1-7(18)23-6-16(17)14(26-10(4)21)12(24-8(2)19)13(25-9(3)20)15(28-16)27-11(5)22/h12-15H,6H2,1-5H3/t12-,13-,14+,15-,16-/m1/s1. The molecule has 0 spiro atoms. The van der Waals surface area contributed by atoms with E-state index in [2.05, 4.69) is 15.9 Å². The van der Waals surface area contributed by atoms with E-state index in [1.54, 1.807) is 0 Å². The smallest absolute Gasteiger partial charge is 0.305 e. The lowest BCUT2D eigenvalue weighted by Gasteiger charge is -2.47. The predicted octanol–water partition coefficient (Wildman–Crippen LogP) is 0.355. The van der Waals surface area contributed by atoms with Gasteiger partial charge in [-0.05, 0) is 15.9 Å². The molecule has 0 unspecified atom stereocenters. The van der Waals surface area contributed by atoms with Gasteiger partial charge in [0.15, 0.2) is 12.2 Å². The van der Waals surface area contributed by atoms with Crippen LogP contribution in [0, 0.1) is 0 Å². The van der Waals surface area contributed by atoms with E-state index in [4.69, 9.17) is 28.4 Å². The molecule has 0 aromatic heterocycles. The van der Waals surface area contributed by atoms with E-state index in [1.807, 2.05) is 0 Å². The average molecular weight is 469 g/mol. The highest BCUT2D eigenvalue weighted by Gasteiger charge is 2.60. The van der Waals surface area contributed by atoms with Gasteiger partial charge in [-0.15, -0.1) is 0 Å². The number of halogens is 1. The molecule has 158 valence electrons. The van der Waals surface area contributed by atoms with Crippen molar-refractivity contribution in [1.82, 2.24) is 0 Å². The second-order valence-corrected chi connectivity index (χ2v) is 7.18. The predicted molar refractivity (Wildman–Crippen MR) is 91.6 cm³/mol. The second kappa shape index (κ2) is 9.82. The number of carbonyl (C=O) groups excluding carboxylic acids is 5. The summed E-state index contributed by atoms with van der Waals surface area (Å²) >= 11 is 3.17. The summed E-state index contributed by atoms with van der Waals surface area (Å²) in [5.41, 5.74) is 0. The maximum absolute atomic E-state index is 11.6. The first-order valence-corrected chi connectivity index (χ1v) is 8.84. The third-order valence-corrected chi connectivity index (χ3v) is 4.15. The van der Waals surface area contributed by atoms with Crippen LogP contribution in [-0.4, -0.2) is 65.6 Å². The maximum atomic E-state index is 11.6. The number of rotatable bonds is 6. The fourth-order valence-corrected chi connectivity index (χ4v) is 3.09. The highest BCUT2D eigenvalue weighted by atomic mass is 79.9. The minimum Gasteiger partial charge on any atom is -0.462 e. The van der Waals surface area contributed by atoms with Gasteiger partial charge in [-0.1, -0.05) is 0 Å². The van der Waals surface area contributed by atoms with Crippen LogP contribution in [-0.2, 0) is 52.4 Å². The number of hydrogen-bond donors (Lipinski definition) is 0. The van der Waals surface area contributed by atoms with Crippen LogP contribution < -0.4 is 0 Å². The molecular weight excluding hydrogens is 448 g/mol. The third-order valence-electron chi connectivity index (χ3n) is 3.28. The average Bonchev–Trinajstić information content (AvgIpc) is 2.51. The molecule has 0 aliphatic carbocycles. The fourth-order valence-electron chi connectivity index (χ4n) is 2.44. The lowest BCUT2D eigenvalue weighted by Crippen LogP contribution is -2.67. The third kappa shape index (κ3) is 6.75. The SMILES string of the molecule is CC(=O)OC[C@@]1(Br)O[C@@H](OC(C)=O)[C@H](OC(C)=O)[C@@H](OC(C)=O)[C@@H]1OC(C)=O. The van der Waals surface area contributed by atoms with Crippen LogP contribution in [0.2, 0.25) is 0 Å². The minimum absolute atomic E-state index is 0.511. The van der Waals surface area contributed by atoms with E-state index in [-0.39, 0.29) is 0 Å². The van der Waals surface area contributed by atoms with Gasteiger partial charge in [0.05, 0.1) is 0 Å². The zero-order valence-corrected chi connectivity index (χ0v) is 17.5. The Labute approximate surface area is 169 Å². The highest BCUT2D eigenvalue weighted by molar-refractivity contribution is 9.10. The molecule has 28 heavy (non-hydrogen) atoms. The molecule has 0 radical (unpaired) electrons. The van der Waals surface area contributed by atoms with E-state index in [0.29, 0.717) is 0 Å². The highest BCUT2D eigenvalue weighted by Crippen LogP contribution is 2.40. The molecule has 0 aromatic carbocycles. The van der Waals surface area contributed by atoms with Gasteiger partial charge >= 0.3 is 29.8 Å². The van der Waals surface area contributed by atoms with Crippen molar-refractivity contribution in [2.75, 3.05) is 6.61 Å². The Balaban J connectivity index is 3.44. The van der Waals surface area contributed by atoms with Crippen LogP contribution in [0.5, 0.6) is 0 Å². The second-order valence-electron chi connectivity index (χ2n) is 5.84. The van der Waals surface area contributed by atoms with E-state index in [9.17, 15) is 24.0 Å². The number of ether oxygens (including phenoxy) is 6. The molecule has 1 saturated heterocycles. The Hall–Kier alpha value is -2.21. The summed E-state index contributed by atoms with van der Waals surface area (Å²) in [5, 5.41) is 0. The summed E-state index contributed by atoms with van der Waals surface area (Å²) in [7, 11) is 0. The van der Waals surface area contributed by atoms with E-state index in [1.165, 1.54) is 0 Å². The van der Waals surface area contributed by atoms with Crippen molar-refractivity contribution in [3.8, 4) is 0 Å². The van der Waals surface area contributed by atoms with Gasteiger partial charge in [0.25, 0.3) is 0 Å². The van der Waals surface area contributed by atoms with Gasteiger partial charge in [-0.25, -0.2) is 0 Å². The molecule has 12 heteroatoms. The van der Waals surface area contributed by atoms with Crippen molar-refractivity contribution in [2.45, 2.75) is 63.7 Å². The van der Waals surface area contributed by atoms with Crippen LogP contribution in [0.4, 0.5) is 0 Å². The normalized spacial score (nSPS) is 29.2. The molecule has 11 nitrogen and oxygen atoms in total. The summed E-state index contributed by atoms with van der Waals surface area (Å²) in [6.07, 6.45) is -5.90. The van der Waals surface area contributed by atoms with Gasteiger partial charge in [-0.2, -0.15) is 0 Å². The van der Waals surface area contributed by atoms with Crippen LogP contribution in [0.25, 0.3) is 0 Å². The molecule has 0 bridgehead atoms. The van der Waals surface area contributed by atoms with E-state index in [0.717, 1.165) is 34.6 Å². The lowest BCUT2D eigenvalue weighted by atomic mass is 9.98. The first-order valence-electron chi connectivity index (χ1n) is 8.04. The monoisotopic (exact) mass is 468 g/mol. The van der Waals surface area contributed by atoms with Crippen molar-refractivity contribution >= 4 is 45.8 Å². The molecule has 0 amide bonds. The van der Waals surface area contributed by atoms with Crippen molar-refractivity contribution in [1.29, 1.82) is 0 Å². The molecule has 0 aromatic rings. The Kier molecular flexibility index (Phi) is 8.36. The molecular formula is C16H21BrO11. The molecule has 0 saturated carbocycles. The number of esters is 5. The van der Waals surface area contributed by atoms with Gasteiger partial charge in [0.2, 0.25) is 16.9 Å². The molecule has 0 N–H and O–H groups in total. The summed E-state index contributed by atoms with van der Waals surface area (Å²) in [5.74, 6) is -3.86. The Morgan fingerprint density at radius 1 is 0.750 bits per heavy atom. The summed E-state index contributed by atoms with van der Waals surface area (Å²) in [4.78, 5) is 57.5. The first kappa shape index (κ1) is 23.8. The Morgan fingerprint density at radius 3 is 1.64 bits per heavy atom. The molecule has 1 aliphatic heterocycles. The van der Waals surface area contributed by atoms with Crippen LogP contribution in [0.1, 0.15) is 34.6 Å². The zero-order valence-electron chi connectivity index (χ0n) is 15.9. The van der Waals surface area contributed by atoms with E-state index >= 15 is 0 Å². The summed E-state index contributed by atoms with van der Waals surface area (Å²) in [6.45, 7) is 4.94. The molecule has 5 atom stereocenters. The topological polar surface area (TPSA) is 141 Å². The Bertz CT molecular complexity index is 649. The Morgan fingerprint density at radius 2 is 1.21 bits per heavy atom. The van der Waals surface area contributed by atoms with Crippen molar-refractivity contribution in [3.63, 3.8) is 0 Å². The van der Waals surface area contributed by atoms with E-state index < -0.39 is 65.6 Å².